The number of hydrogen-bond acceptors (Lipinski definition) is 2. The lowest BCUT2D eigenvalue weighted by molar-refractivity contribution is -0.369. The van der Waals surface area contributed by atoms with Crippen LogP contribution in [0.5, 0.6) is 0 Å². The van der Waals surface area contributed by atoms with Gasteiger partial charge in [-0.05, 0) is 0 Å². The van der Waals surface area contributed by atoms with Crippen molar-refractivity contribution < 1.29 is 53.4 Å². The van der Waals surface area contributed by atoms with Crippen LogP contribution in [0.4, 0.5) is 43.9 Å². The molecule has 0 aromatic heterocycles. The maximum Gasteiger partial charge on any atom is 0.468 e. The average molecular weight is 310 g/mol. The summed E-state index contributed by atoms with van der Waals surface area (Å²) in [6.07, 6.45) is -14.2. The van der Waals surface area contributed by atoms with E-state index in [1.807, 2.05) is 0 Å². The Morgan fingerprint density at radius 3 is 1.74 bits per heavy atom. The van der Waals surface area contributed by atoms with Crippen molar-refractivity contribution in [2.75, 3.05) is 13.3 Å². The van der Waals surface area contributed by atoms with E-state index in [4.69, 9.17) is 0 Å². The Labute approximate surface area is 98.1 Å². The highest BCUT2D eigenvalue weighted by atomic mass is 19.3. The Hall–Kier alpha value is -1.20. The van der Waals surface area contributed by atoms with E-state index in [1.54, 1.807) is 0 Å². The van der Waals surface area contributed by atoms with Gasteiger partial charge in [-0.3, -0.25) is 0 Å². The van der Waals surface area contributed by atoms with Gasteiger partial charge in [0.1, 0.15) is 6.61 Å². The molecule has 0 saturated heterocycles. The summed E-state index contributed by atoms with van der Waals surface area (Å²) in [4.78, 5) is 0. The SMILES string of the molecule is FCC(F)(F)OCC(F)(F)C(F)(F)OC(F)=C(F)F. The minimum Gasteiger partial charge on any atom is -0.398 e. The largest absolute Gasteiger partial charge is 0.468 e. The zero-order valence-electron chi connectivity index (χ0n) is 8.51. The first-order valence-electron chi connectivity index (χ1n) is 4.08. The van der Waals surface area contributed by atoms with Gasteiger partial charge in [0.15, 0.2) is 6.67 Å². The van der Waals surface area contributed by atoms with Crippen molar-refractivity contribution in [1.29, 1.82) is 0 Å². The van der Waals surface area contributed by atoms with Crippen LogP contribution >= 0.6 is 0 Å². The molecule has 0 atom stereocenters. The van der Waals surface area contributed by atoms with Crippen LogP contribution in [0.15, 0.2) is 12.1 Å². The van der Waals surface area contributed by atoms with E-state index in [2.05, 4.69) is 9.47 Å². The summed E-state index contributed by atoms with van der Waals surface area (Å²) >= 11 is 0. The first-order chi connectivity index (χ1) is 8.34. The predicted molar refractivity (Wildman–Crippen MR) is 38.2 cm³/mol. The van der Waals surface area contributed by atoms with Gasteiger partial charge in [0.25, 0.3) is 0 Å². The van der Waals surface area contributed by atoms with Crippen molar-refractivity contribution >= 4 is 0 Å². The normalized spacial score (nSPS) is 13.4. The molecule has 0 bridgehead atoms. The predicted octanol–water partition coefficient (Wildman–Crippen LogP) is 3.85. The summed E-state index contributed by atoms with van der Waals surface area (Å²) in [5.41, 5.74) is 0. The fourth-order valence-electron chi connectivity index (χ4n) is 0.545. The van der Waals surface area contributed by atoms with Gasteiger partial charge in [-0.15, -0.1) is 0 Å². The third kappa shape index (κ3) is 5.12. The van der Waals surface area contributed by atoms with Crippen molar-refractivity contribution in [2.45, 2.75) is 18.1 Å². The number of rotatable bonds is 7. The topological polar surface area (TPSA) is 18.5 Å². The van der Waals surface area contributed by atoms with Gasteiger partial charge in [-0.25, -0.2) is 4.39 Å². The molecule has 0 aliphatic rings. The molecule has 0 aliphatic heterocycles. The molecule has 0 rings (SSSR count). The molecule has 0 unspecified atom stereocenters. The van der Waals surface area contributed by atoms with E-state index >= 15 is 0 Å². The number of alkyl halides is 7. The number of ether oxygens (including phenoxy) is 2. The molecule has 0 N–H and O–H groups in total. The monoisotopic (exact) mass is 310 g/mol. The smallest absolute Gasteiger partial charge is 0.398 e. The second-order valence-electron chi connectivity index (χ2n) is 2.92. The molecular weight excluding hydrogens is 306 g/mol. The second-order valence-corrected chi connectivity index (χ2v) is 2.92. The van der Waals surface area contributed by atoms with E-state index < -0.39 is 43.5 Å². The molecule has 0 amide bonds. The van der Waals surface area contributed by atoms with E-state index in [9.17, 15) is 43.9 Å². The Morgan fingerprint density at radius 2 is 1.37 bits per heavy atom. The van der Waals surface area contributed by atoms with E-state index in [0.717, 1.165) is 0 Å². The van der Waals surface area contributed by atoms with Crippen molar-refractivity contribution in [3.8, 4) is 0 Å². The fraction of sp³-hybridized carbons (Fsp3) is 0.714. The van der Waals surface area contributed by atoms with Gasteiger partial charge in [-0.2, -0.15) is 39.5 Å². The molecule has 0 radical (unpaired) electrons. The van der Waals surface area contributed by atoms with Crippen LogP contribution in [0, 0.1) is 0 Å². The molecule has 0 aliphatic carbocycles. The molecule has 0 saturated carbocycles. The molecule has 0 aromatic carbocycles. The molecule has 12 heteroatoms. The molecule has 0 aromatic rings. The summed E-state index contributed by atoms with van der Waals surface area (Å²) < 4.78 is 126. The van der Waals surface area contributed by atoms with Crippen LogP contribution in [-0.4, -0.2) is 31.4 Å². The van der Waals surface area contributed by atoms with Crippen LogP contribution in [0.2, 0.25) is 0 Å². The summed E-state index contributed by atoms with van der Waals surface area (Å²) in [6, 6.07) is -3.32. The van der Waals surface area contributed by atoms with Crippen LogP contribution in [0.3, 0.4) is 0 Å². The maximum absolute atomic E-state index is 12.6. The highest BCUT2D eigenvalue weighted by Crippen LogP contribution is 2.39. The molecule has 19 heavy (non-hydrogen) atoms. The lowest BCUT2D eigenvalue weighted by Crippen LogP contribution is -2.47. The first kappa shape index (κ1) is 17.8. The van der Waals surface area contributed by atoms with E-state index in [-0.39, 0.29) is 0 Å². The van der Waals surface area contributed by atoms with Crippen LogP contribution in [-0.2, 0) is 9.47 Å². The first-order valence-corrected chi connectivity index (χ1v) is 4.08. The van der Waals surface area contributed by atoms with Crippen LogP contribution in [0.25, 0.3) is 0 Å². The molecular formula is C7H4F10O2. The van der Waals surface area contributed by atoms with E-state index in [1.165, 1.54) is 0 Å². The number of halogens is 10. The van der Waals surface area contributed by atoms with Crippen molar-refractivity contribution in [3.05, 3.63) is 12.1 Å². The quantitative estimate of drug-likeness (QED) is 0.525. The average Bonchev–Trinajstić information content (AvgIpc) is 2.26. The summed E-state index contributed by atoms with van der Waals surface area (Å²) in [6.45, 7) is -5.39. The van der Waals surface area contributed by atoms with Gasteiger partial charge in [0.05, 0.1) is 0 Å². The maximum atomic E-state index is 12.6. The van der Waals surface area contributed by atoms with Gasteiger partial charge >= 0.3 is 30.2 Å². The van der Waals surface area contributed by atoms with Crippen molar-refractivity contribution in [3.63, 3.8) is 0 Å². The standard InChI is InChI=1S/C7H4F10O2/c8-1-6(14,15)18-2-5(12,13)7(16,17)19-4(11)3(9)10/h1-2H2. The number of hydrogen-bond donors (Lipinski definition) is 0. The van der Waals surface area contributed by atoms with Crippen molar-refractivity contribution in [2.24, 2.45) is 0 Å². The van der Waals surface area contributed by atoms with Crippen molar-refractivity contribution in [1.82, 2.24) is 0 Å². The van der Waals surface area contributed by atoms with Gasteiger partial charge < -0.3 is 9.47 Å². The Bertz CT molecular complexity index is 335. The zero-order chi connectivity index (χ0) is 15.5. The van der Waals surface area contributed by atoms with Gasteiger partial charge in [0, 0.05) is 0 Å². The fourth-order valence-corrected chi connectivity index (χ4v) is 0.545. The summed E-state index contributed by atoms with van der Waals surface area (Å²) in [5.74, 6) is -5.61. The van der Waals surface area contributed by atoms with Gasteiger partial charge in [-0.1, -0.05) is 0 Å². The Kier molecular flexibility index (Phi) is 5.47. The van der Waals surface area contributed by atoms with Crippen LogP contribution in [0.1, 0.15) is 0 Å². The Morgan fingerprint density at radius 1 is 0.895 bits per heavy atom. The molecule has 0 heterocycles. The summed E-state index contributed by atoms with van der Waals surface area (Å²) in [7, 11) is 0. The third-order valence-electron chi connectivity index (χ3n) is 1.41. The zero-order valence-corrected chi connectivity index (χ0v) is 8.51. The van der Waals surface area contributed by atoms with Crippen LogP contribution < -0.4 is 0 Å². The lowest BCUT2D eigenvalue weighted by atomic mass is 10.3. The Balaban J connectivity index is 4.83. The second kappa shape index (κ2) is 5.84. The minimum absolute atomic E-state index is 2.32. The highest BCUT2D eigenvalue weighted by Gasteiger charge is 2.61. The van der Waals surface area contributed by atoms with E-state index in [0.29, 0.717) is 0 Å². The lowest BCUT2D eigenvalue weighted by Gasteiger charge is -2.26. The highest BCUT2D eigenvalue weighted by molar-refractivity contribution is 4.87. The molecule has 0 spiro atoms. The summed E-state index contributed by atoms with van der Waals surface area (Å²) in [5, 5.41) is 0. The molecule has 114 valence electrons. The minimum atomic E-state index is -5.91. The third-order valence-corrected chi connectivity index (χ3v) is 1.41. The molecule has 2 nitrogen and oxygen atoms in total. The molecule has 0 fully saturated rings. The van der Waals surface area contributed by atoms with Gasteiger partial charge in [0.2, 0.25) is 0 Å².